The molecular weight excluding hydrogens is 1870 g/mol. The van der Waals surface area contributed by atoms with Gasteiger partial charge in [0, 0.05) is 72.4 Å². The number of phenols is 3. The maximum atomic E-state index is 13.6. The van der Waals surface area contributed by atoms with Gasteiger partial charge in [-0.1, -0.05) is 179 Å². The number of azo groups is 3. The number of fused-ring (bicyclic) bond motifs is 5. The molecule has 0 atom stereocenters. The number of hydrogen-bond donors (Lipinski definition) is 8. The van der Waals surface area contributed by atoms with E-state index in [1.54, 1.807) is 119 Å². The summed E-state index contributed by atoms with van der Waals surface area (Å²) in [5.41, 5.74) is 13.6. The maximum absolute atomic E-state index is 13.6. The fourth-order valence-electron chi connectivity index (χ4n) is 15.1. The predicted molar refractivity (Wildman–Crippen MR) is 552 cm³/mol. The molecule has 0 saturated heterocycles. The Morgan fingerprint density at radius 1 is 0.359 bits per heavy atom. The lowest BCUT2D eigenvalue weighted by Crippen LogP contribution is -2.13. The van der Waals surface area contributed by atoms with Crippen molar-refractivity contribution in [2.45, 2.75) is 34.6 Å². The summed E-state index contributed by atoms with van der Waals surface area (Å²) in [6.45, 7) is 24.9. The molecule has 33 nitrogen and oxygen atoms in total. The van der Waals surface area contributed by atoms with Crippen molar-refractivity contribution in [3.05, 3.63) is 382 Å². The second kappa shape index (κ2) is 40.5. The van der Waals surface area contributed by atoms with Gasteiger partial charge in [-0.3, -0.25) is 24.0 Å². The molecule has 8 N–H and O–H groups in total. The highest BCUT2D eigenvalue weighted by atomic mass is 32.1. The van der Waals surface area contributed by atoms with Gasteiger partial charge in [-0.15, -0.1) is 52.2 Å². The first-order valence-corrected chi connectivity index (χ1v) is 46.7. The third kappa shape index (κ3) is 19.9. The van der Waals surface area contributed by atoms with Crippen LogP contribution in [-0.2, 0) is 0 Å². The van der Waals surface area contributed by atoms with Gasteiger partial charge in [0.15, 0.2) is 34.7 Å². The number of nitrogens with zero attached hydrogens (tertiary/aromatic N) is 20. The van der Waals surface area contributed by atoms with E-state index in [1.807, 2.05) is 211 Å². The monoisotopic (exact) mass is 1940 g/mol. The zero-order valence-corrected chi connectivity index (χ0v) is 78.6. The molecule has 7 aromatic heterocycles. The molecule has 0 unspecified atom stereocenters. The van der Waals surface area contributed by atoms with Crippen LogP contribution in [-0.4, -0.2) is 104 Å². The lowest BCUT2D eigenvalue weighted by Gasteiger charge is -2.13. The molecule has 0 saturated carbocycles. The number of hydrogen-bond acceptors (Lipinski definition) is 27. The highest BCUT2D eigenvalue weighted by molar-refractivity contribution is 7.21. The number of carbonyl (C=O) groups excluding carboxylic acids is 5. The highest BCUT2D eigenvalue weighted by Crippen LogP contribution is 2.47. The third-order valence-corrected chi connectivity index (χ3v) is 25.7. The smallest absolute Gasteiger partial charge is 0.263 e. The van der Waals surface area contributed by atoms with Gasteiger partial charge in [-0.05, 0) is 207 Å². The van der Waals surface area contributed by atoms with E-state index in [4.69, 9.17) is 23.1 Å². The number of rotatable bonds is 21. The third-order valence-electron chi connectivity index (χ3n) is 22.2. The summed E-state index contributed by atoms with van der Waals surface area (Å²) in [5, 5.41) is 102. The summed E-state index contributed by atoms with van der Waals surface area (Å²) in [6, 6.07) is 83.7. The molecule has 142 heavy (non-hydrogen) atoms. The fourth-order valence-corrected chi connectivity index (χ4v) is 18.2. The van der Waals surface area contributed by atoms with Crippen molar-refractivity contribution in [3.63, 3.8) is 0 Å². The average Bonchev–Trinajstić information content (AvgIpc) is 1.02. The van der Waals surface area contributed by atoms with Crippen LogP contribution < -0.4 is 26.6 Å². The van der Waals surface area contributed by atoms with Gasteiger partial charge in [0.25, 0.3) is 46.9 Å². The summed E-state index contributed by atoms with van der Waals surface area (Å²) in [4.78, 5) is 87.8. The van der Waals surface area contributed by atoms with Gasteiger partial charge in [0.1, 0.15) is 32.6 Å². The van der Waals surface area contributed by atoms with Gasteiger partial charge < -0.3 is 41.9 Å². The van der Waals surface area contributed by atoms with Crippen LogP contribution in [0.3, 0.4) is 0 Å². The molecule has 0 spiro atoms. The van der Waals surface area contributed by atoms with Crippen LogP contribution in [0.2, 0.25) is 0 Å². The van der Waals surface area contributed by atoms with E-state index in [-0.39, 0.29) is 86.0 Å². The molecule has 690 valence electrons. The largest absolute Gasteiger partial charge is 0.505 e. The molecule has 0 bridgehead atoms. The molecular formula is C105H73N25O8S4. The van der Waals surface area contributed by atoms with E-state index in [0.717, 1.165) is 75.9 Å². The summed E-state index contributed by atoms with van der Waals surface area (Å²) >= 11 is 5.40. The van der Waals surface area contributed by atoms with Crippen molar-refractivity contribution in [1.82, 2.24) is 58.9 Å². The molecule has 37 heteroatoms. The molecule has 14 aromatic carbocycles. The van der Waals surface area contributed by atoms with E-state index in [2.05, 4.69) is 102 Å². The molecule has 5 amide bonds. The van der Waals surface area contributed by atoms with Crippen molar-refractivity contribution < 1.29 is 39.3 Å². The first-order chi connectivity index (χ1) is 69.1. The van der Waals surface area contributed by atoms with Crippen LogP contribution in [0.5, 0.6) is 17.2 Å². The minimum atomic E-state index is -0.599. The standard InChI is InChI=1S/C38H27N9O3S.C37H29N7O3S.C30H17N9O2S2/c1-22-9-14-27(15-10-22)41-35(49)25-13-18-29-26(19-25)20-30(36(50)42-28-16-11-23(2)12-17-28)33(48)32(29)43-44-34-31(39-3)21-40-47(34)38-46-45-37(51-38)24-7-5-4-6-8-24;1-21-8-6-10-26(16-21)39-35(46)24-14-15-28-25(18-24)19-29(36(47)40-27-11-7-9-22(2)17-27)33(45)32(28)42-43-34-23(3)20-38-44(34)37-41-30-12-4-5-13-31(30)48-37;1-31-23-15-33-39(30-32-16-42-38-30)27(23)37-36-25-20-12-11-17(29-35-22-9-5-6-10-24(22)43-29)13-18(20)14-21(26(25)40)28(41)34-19-7-3-2-4-8-19/h4-21,48H,1-2H3,(H,41,49)(H,42,50);4-20,45H,1-3H3,(H,39,46)(H,40,47);2-16,40H,(H,34,41). The second-order valence-electron chi connectivity index (χ2n) is 32.1. The Hall–Kier alpha value is -19.1. The number of anilines is 5. The van der Waals surface area contributed by atoms with E-state index < -0.39 is 23.5 Å². The molecule has 0 aliphatic carbocycles. The lowest BCUT2D eigenvalue weighted by molar-refractivity contribution is 0.101. The number of amides is 5. The Balaban J connectivity index is 0.000000136. The van der Waals surface area contributed by atoms with Crippen molar-refractivity contribution in [1.29, 1.82) is 0 Å². The molecule has 0 aliphatic rings. The number of phenolic OH excluding ortho intramolecular Hbond substituents is 3. The van der Waals surface area contributed by atoms with Gasteiger partial charge in [-0.2, -0.15) is 33.7 Å². The number of nitrogens with one attached hydrogen (secondary N) is 5. The SMILES string of the molecule is Cc1cccc(NC(=O)c2ccc3c(N=Nc4c(C)cnn4-c4nc5ccccc5s4)c(O)c(C(=O)Nc4cccc(C)c4)cc3c2)c1.[C-]#[N+]c1cnn(-c2ncsn2)c1N=Nc1c(O)c(C(=O)Nc2ccccc2)cc2cc(-c3nc4ccccc4s3)ccc12.[C-]#[N+]c1cnn(-c2nnc(-c3ccccc3)s2)c1N=Nc1c(O)c(C(=O)Nc2ccc(C)cc2)cc2cc(C(=O)Nc3ccc(C)cc3)ccc12. The fraction of sp³-hybridized carbons (Fsp3) is 0.0476. The summed E-state index contributed by atoms with van der Waals surface area (Å²) in [6.07, 6.45) is 4.35. The molecule has 0 radical (unpaired) electrons. The topological polar surface area (TPSA) is 420 Å². The molecule has 21 rings (SSSR count). The summed E-state index contributed by atoms with van der Waals surface area (Å²) in [5.74, 6) is -2.69. The van der Waals surface area contributed by atoms with E-state index in [1.165, 1.54) is 56.0 Å². The highest BCUT2D eigenvalue weighted by Gasteiger charge is 2.28. The minimum absolute atomic E-state index is 0.00633. The Bertz CT molecular complexity index is 8650. The quantitative estimate of drug-likeness (QED) is 0.0245. The van der Waals surface area contributed by atoms with Crippen LogP contribution in [0.15, 0.2) is 334 Å². The second-order valence-corrected chi connectivity index (χ2v) is 35.7. The Labute approximate surface area is 822 Å². The lowest BCUT2D eigenvalue weighted by atomic mass is 10.00. The van der Waals surface area contributed by atoms with Crippen LogP contribution in [0.1, 0.15) is 79.6 Å². The van der Waals surface area contributed by atoms with Gasteiger partial charge >= 0.3 is 0 Å². The normalized spacial score (nSPS) is 11.3. The Kier molecular flexibility index (Phi) is 26.2. The van der Waals surface area contributed by atoms with Crippen molar-refractivity contribution >= 4 is 202 Å². The average molecular weight is 1940 g/mol. The van der Waals surface area contributed by atoms with Crippen molar-refractivity contribution in [2.75, 3.05) is 26.6 Å². The first-order valence-electron chi connectivity index (χ1n) is 43.5. The number of benzene rings is 14. The number of thiazole rings is 2. The number of aromatic hydroxyl groups is 3. The molecule has 0 aliphatic heterocycles. The van der Waals surface area contributed by atoms with E-state index >= 15 is 0 Å². The molecule has 21 aromatic rings. The van der Waals surface area contributed by atoms with Crippen LogP contribution in [0.4, 0.5) is 74.3 Å². The van der Waals surface area contributed by atoms with Gasteiger partial charge in [0.05, 0.1) is 68.9 Å². The number of aromatic nitrogens is 12. The zero-order valence-electron chi connectivity index (χ0n) is 75.3. The zero-order chi connectivity index (χ0) is 98.2. The summed E-state index contributed by atoms with van der Waals surface area (Å²) in [7, 11) is 0. The summed E-state index contributed by atoms with van der Waals surface area (Å²) < 4.78 is 10.5. The predicted octanol–water partition coefficient (Wildman–Crippen LogP) is 26.6. The Morgan fingerprint density at radius 3 is 1.31 bits per heavy atom. The minimum Gasteiger partial charge on any atom is -0.505 e. The van der Waals surface area contributed by atoms with Crippen LogP contribution in [0, 0.1) is 47.8 Å². The molecule has 7 heterocycles. The van der Waals surface area contributed by atoms with E-state index in [0.29, 0.717) is 93.0 Å². The maximum Gasteiger partial charge on any atom is 0.263 e. The van der Waals surface area contributed by atoms with Crippen LogP contribution >= 0.6 is 45.5 Å². The number of para-hydroxylation sites is 3. The van der Waals surface area contributed by atoms with Crippen molar-refractivity contribution in [2.24, 2.45) is 30.7 Å². The van der Waals surface area contributed by atoms with Crippen molar-refractivity contribution in [3.8, 4) is 54.6 Å². The Morgan fingerprint density at radius 2 is 0.796 bits per heavy atom. The van der Waals surface area contributed by atoms with E-state index in [9.17, 15) is 39.3 Å². The van der Waals surface area contributed by atoms with Gasteiger partial charge in [-0.25, -0.2) is 24.6 Å². The van der Waals surface area contributed by atoms with Crippen LogP contribution in [0.25, 0.3) is 99.8 Å². The molecule has 0 fully saturated rings. The first kappa shape index (κ1) is 92.0. The van der Waals surface area contributed by atoms with Gasteiger partial charge in [0.2, 0.25) is 10.3 Å². The number of aryl methyl sites for hydroxylation is 5. The number of carbonyl (C=O) groups is 5.